The molecule has 0 N–H and O–H groups in total. The van der Waals surface area contributed by atoms with Gasteiger partial charge in [-0.05, 0) is 56.1 Å². The number of allylic oxidation sites excluding steroid dienone is 1. The first-order chi connectivity index (χ1) is 11.6. The van der Waals surface area contributed by atoms with E-state index in [1.807, 2.05) is 17.8 Å². The van der Waals surface area contributed by atoms with E-state index in [4.69, 9.17) is 4.43 Å². The third-order valence-electron chi connectivity index (χ3n) is 4.86. The molecule has 3 heteroatoms. The molecule has 0 spiro atoms. The maximum absolute atomic E-state index is 6.71. The minimum absolute atomic E-state index is 0.161. The lowest BCUT2D eigenvalue weighted by atomic mass is 10.2. The van der Waals surface area contributed by atoms with Crippen LogP contribution in [0.3, 0.4) is 0 Å². The molecule has 1 atom stereocenters. The first kappa shape index (κ1) is 22.1. The van der Waals surface area contributed by atoms with Gasteiger partial charge in [0.15, 0.2) is 0 Å². The van der Waals surface area contributed by atoms with Crippen LogP contribution in [-0.4, -0.2) is 13.6 Å². The molecule has 0 saturated heterocycles. The molecule has 0 aliphatic rings. The Morgan fingerprint density at radius 3 is 2.32 bits per heavy atom. The summed E-state index contributed by atoms with van der Waals surface area (Å²) in [6.45, 7) is 19.9. The SMILES string of the molecule is C=C[C@@H](Sc1ccc(C)cc1)/C(=C/CCCC)O[Si](C)(C)C(C)(C)C. The molecule has 0 saturated carbocycles. The molecule has 0 unspecified atom stereocenters. The molecule has 0 radical (unpaired) electrons. The van der Waals surface area contributed by atoms with E-state index in [0.717, 1.165) is 12.2 Å². The largest absolute Gasteiger partial charge is 0.546 e. The molecule has 0 bridgehead atoms. The van der Waals surface area contributed by atoms with Gasteiger partial charge in [-0.2, -0.15) is 0 Å². The van der Waals surface area contributed by atoms with Crippen LogP contribution < -0.4 is 0 Å². The van der Waals surface area contributed by atoms with Crippen LogP contribution >= 0.6 is 11.8 Å². The molecule has 0 aliphatic heterocycles. The summed E-state index contributed by atoms with van der Waals surface area (Å²) in [6, 6.07) is 8.70. The Labute approximate surface area is 161 Å². The molecule has 0 heterocycles. The van der Waals surface area contributed by atoms with Crippen LogP contribution in [0.2, 0.25) is 18.1 Å². The number of thioether (sulfide) groups is 1. The van der Waals surface area contributed by atoms with Gasteiger partial charge in [0, 0.05) is 4.90 Å². The van der Waals surface area contributed by atoms with Crippen molar-refractivity contribution in [2.75, 3.05) is 0 Å². The van der Waals surface area contributed by atoms with Gasteiger partial charge in [-0.15, -0.1) is 18.3 Å². The number of unbranched alkanes of at least 4 members (excludes halogenated alkanes) is 2. The third kappa shape index (κ3) is 7.06. The van der Waals surface area contributed by atoms with Crippen molar-refractivity contribution in [2.45, 2.75) is 82.2 Å². The number of aryl methyl sites for hydroxylation is 1. The summed E-state index contributed by atoms with van der Waals surface area (Å²) in [6.07, 6.45) is 7.80. The predicted molar refractivity (Wildman–Crippen MR) is 117 cm³/mol. The van der Waals surface area contributed by atoms with Gasteiger partial charge in [0.25, 0.3) is 0 Å². The molecular formula is C22H36OSSi. The van der Waals surface area contributed by atoms with Crippen LogP contribution in [0.5, 0.6) is 0 Å². The van der Waals surface area contributed by atoms with E-state index in [-0.39, 0.29) is 10.3 Å². The normalized spacial score (nSPS) is 14.3. The van der Waals surface area contributed by atoms with E-state index in [1.54, 1.807) is 0 Å². The van der Waals surface area contributed by atoms with Crippen molar-refractivity contribution in [1.29, 1.82) is 0 Å². The van der Waals surface area contributed by atoms with E-state index in [0.29, 0.717) is 0 Å². The van der Waals surface area contributed by atoms with Crippen LogP contribution in [-0.2, 0) is 4.43 Å². The van der Waals surface area contributed by atoms with Crippen molar-refractivity contribution in [2.24, 2.45) is 0 Å². The molecule has 0 amide bonds. The standard InChI is InChI=1S/C22H36OSSi/c1-9-11-12-13-20(23-25(7,8)22(4,5)6)21(10-2)24-19-16-14-18(3)15-17-19/h10,13-17,21H,2,9,11-12H2,1,3-8H3/b20-13-/t21-/m1/s1. The Balaban J connectivity index is 3.04. The second-order valence-electron chi connectivity index (χ2n) is 8.20. The minimum Gasteiger partial charge on any atom is -0.546 e. The zero-order valence-electron chi connectivity index (χ0n) is 17.2. The summed E-state index contributed by atoms with van der Waals surface area (Å²) in [5.41, 5.74) is 1.29. The van der Waals surface area contributed by atoms with Crippen molar-refractivity contribution in [1.82, 2.24) is 0 Å². The van der Waals surface area contributed by atoms with Gasteiger partial charge in [0.1, 0.15) is 0 Å². The number of hydrogen-bond acceptors (Lipinski definition) is 2. The van der Waals surface area contributed by atoms with Crippen molar-refractivity contribution >= 4 is 20.1 Å². The van der Waals surface area contributed by atoms with Crippen LogP contribution in [0.1, 0.15) is 52.5 Å². The highest BCUT2D eigenvalue weighted by Crippen LogP contribution is 2.40. The zero-order valence-corrected chi connectivity index (χ0v) is 19.0. The molecule has 1 nitrogen and oxygen atoms in total. The summed E-state index contributed by atoms with van der Waals surface area (Å²) in [4.78, 5) is 1.26. The minimum atomic E-state index is -1.86. The molecule has 1 aromatic carbocycles. The van der Waals surface area contributed by atoms with E-state index in [2.05, 4.69) is 84.6 Å². The Morgan fingerprint density at radius 2 is 1.84 bits per heavy atom. The summed E-state index contributed by atoms with van der Waals surface area (Å²) < 4.78 is 6.71. The molecule has 0 aliphatic carbocycles. The van der Waals surface area contributed by atoms with Crippen molar-refractivity contribution < 1.29 is 4.43 Å². The lowest BCUT2D eigenvalue weighted by molar-refractivity contribution is 0.376. The first-order valence-electron chi connectivity index (χ1n) is 9.35. The van der Waals surface area contributed by atoms with Gasteiger partial charge in [-0.1, -0.05) is 57.9 Å². The van der Waals surface area contributed by atoms with Gasteiger partial charge < -0.3 is 4.43 Å². The Bertz CT molecular complexity index is 567. The van der Waals surface area contributed by atoms with Gasteiger partial charge in [-0.25, -0.2) is 0 Å². The second-order valence-corrected chi connectivity index (χ2v) is 14.1. The fraction of sp³-hybridized carbons (Fsp3) is 0.545. The molecular weight excluding hydrogens is 340 g/mol. The van der Waals surface area contributed by atoms with Crippen molar-refractivity contribution in [3.63, 3.8) is 0 Å². The average molecular weight is 377 g/mol. The summed E-state index contributed by atoms with van der Waals surface area (Å²) >= 11 is 1.83. The fourth-order valence-electron chi connectivity index (χ4n) is 2.10. The molecule has 0 fully saturated rings. The Morgan fingerprint density at radius 1 is 1.24 bits per heavy atom. The molecule has 1 aromatic rings. The lowest BCUT2D eigenvalue weighted by Crippen LogP contribution is -2.41. The van der Waals surface area contributed by atoms with E-state index in [1.165, 1.54) is 23.3 Å². The van der Waals surface area contributed by atoms with Crippen LogP contribution in [0.15, 0.2) is 53.7 Å². The monoisotopic (exact) mass is 376 g/mol. The molecule has 1 rings (SSSR count). The molecule has 25 heavy (non-hydrogen) atoms. The van der Waals surface area contributed by atoms with Gasteiger partial charge in [-0.3, -0.25) is 0 Å². The van der Waals surface area contributed by atoms with Gasteiger partial charge in [0.05, 0.1) is 11.0 Å². The Kier molecular flexibility index (Phi) is 8.56. The zero-order chi connectivity index (χ0) is 19.1. The highest BCUT2D eigenvalue weighted by atomic mass is 32.2. The second kappa shape index (κ2) is 9.68. The number of rotatable bonds is 9. The highest BCUT2D eigenvalue weighted by molar-refractivity contribution is 8.00. The highest BCUT2D eigenvalue weighted by Gasteiger charge is 2.40. The molecule has 140 valence electrons. The van der Waals surface area contributed by atoms with E-state index >= 15 is 0 Å². The van der Waals surface area contributed by atoms with Gasteiger partial charge in [0.2, 0.25) is 8.32 Å². The van der Waals surface area contributed by atoms with Crippen molar-refractivity contribution in [3.05, 3.63) is 54.3 Å². The third-order valence-corrected chi connectivity index (χ3v) is 10.4. The maximum atomic E-state index is 6.71. The van der Waals surface area contributed by atoms with E-state index in [9.17, 15) is 0 Å². The summed E-state index contributed by atoms with van der Waals surface area (Å²) in [7, 11) is -1.86. The predicted octanol–water partition coefficient (Wildman–Crippen LogP) is 7.74. The van der Waals surface area contributed by atoms with Crippen molar-refractivity contribution in [3.8, 4) is 0 Å². The van der Waals surface area contributed by atoms with Crippen LogP contribution in [0.25, 0.3) is 0 Å². The summed E-state index contributed by atoms with van der Waals surface area (Å²) in [5.74, 6) is 1.10. The molecule has 0 aromatic heterocycles. The van der Waals surface area contributed by atoms with Gasteiger partial charge >= 0.3 is 0 Å². The smallest absolute Gasteiger partial charge is 0.250 e. The summed E-state index contributed by atoms with van der Waals surface area (Å²) in [5, 5.41) is 0.352. The Hall–Kier alpha value is -0.933. The average Bonchev–Trinajstić information content (AvgIpc) is 2.52. The lowest BCUT2D eigenvalue weighted by Gasteiger charge is -2.38. The van der Waals surface area contributed by atoms with Crippen LogP contribution in [0, 0.1) is 6.92 Å². The quantitative estimate of drug-likeness (QED) is 0.143. The number of benzene rings is 1. The van der Waals surface area contributed by atoms with Crippen LogP contribution in [0.4, 0.5) is 0 Å². The fourth-order valence-corrected chi connectivity index (χ4v) is 4.23. The topological polar surface area (TPSA) is 9.23 Å². The van der Waals surface area contributed by atoms with E-state index < -0.39 is 8.32 Å². The first-order valence-corrected chi connectivity index (χ1v) is 13.1. The number of hydrogen-bond donors (Lipinski definition) is 0. The maximum Gasteiger partial charge on any atom is 0.250 e.